The number of H-pyrrole nitrogens is 1. The summed E-state index contributed by atoms with van der Waals surface area (Å²) < 4.78 is 1.69. The molecule has 7 nitrogen and oxygen atoms in total. The lowest BCUT2D eigenvalue weighted by Gasteiger charge is -2.06. The van der Waals surface area contributed by atoms with Gasteiger partial charge in [0.15, 0.2) is 5.82 Å². The summed E-state index contributed by atoms with van der Waals surface area (Å²) in [6, 6.07) is 15.2. The number of pyridine rings is 1. The maximum Gasteiger partial charge on any atom is 0.260 e. The summed E-state index contributed by atoms with van der Waals surface area (Å²) in [6.45, 7) is 0. The Morgan fingerprint density at radius 3 is 2.62 bits per heavy atom. The van der Waals surface area contributed by atoms with E-state index in [-0.39, 0.29) is 5.91 Å². The average molecular weight is 344 g/mol. The summed E-state index contributed by atoms with van der Waals surface area (Å²) in [7, 11) is 1.81. The SMILES string of the molecule is Cn1ncc(C(=O)Nc2cc(-c3ccncc3)[nH]n2)c1-c1ccccc1. The van der Waals surface area contributed by atoms with Crippen LogP contribution in [-0.2, 0) is 7.05 Å². The molecule has 0 saturated heterocycles. The van der Waals surface area contributed by atoms with Crippen molar-refractivity contribution in [1.82, 2.24) is 25.0 Å². The molecule has 0 unspecified atom stereocenters. The van der Waals surface area contributed by atoms with Crippen molar-refractivity contribution in [2.45, 2.75) is 0 Å². The summed E-state index contributed by atoms with van der Waals surface area (Å²) >= 11 is 0. The number of carbonyl (C=O) groups excluding carboxylic acids is 1. The lowest BCUT2D eigenvalue weighted by Crippen LogP contribution is -2.13. The Kier molecular flexibility index (Phi) is 4.03. The first-order valence-electron chi connectivity index (χ1n) is 8.07. The number of aryl methyl sites for hydroxylation is 1. The van der Waals surface area contributed by atoms with Crippen molar-refractivity contribution in [2.24, 2.45) is 7.05 Å². The zero-order valence-electron chi connectivity index (χ0n) is 14.0. The molecule has 0 saturated carbocycles. The molecule has 7 heteroatoms. The average Bonchev–Trinajstić information content (AvgIpc) is 3.30. The zero-order valence-corrected chi connectivity index (χ0v) is 14.0. The first kappa shape index (κ1) is 15.8. The van der Waals surface area contributed by atoms with Gasteiger partial charge in [0.05, 0.1) is 23.1 Å². The lowest BCUT2D eigenvalue weighted by molar-refractivity contribution is 0.102. The number of aromatic amines is 1. The molecule has 4 aromatic rings. The lowest BCUT2D eigenvalue weighted by atomic mass is 10.1. The summed E-state index contributed by atoms with van der Waals surface area (Å²) in [6.07, 6.45) is 4.97. The standard InChI is InChI=1S/C19H16N6O/c1-25-18(14-5-3-2-4-6-14)15(12-21-25)19(26)22-17-11-16(23-24-17)13-7-9-20-10-8-13/h2-12H,1H3,(H2,22,23,24,26). The molecule has 0 aliphatic carbocycles. The van der Waals surface area contributed by atoms with Crippen LogP contribution < -0.4 is 5.32 Å². The third-order valence-corrected chi connectivity index (χ3v) is 4.04. The molecule has 0 spiro atoms. The van der Waals surface area contributed by atoms with Crippen LogP contribution in [0.25, 0.3) is 22.5 Å². The molecule has 0 atom stereocenters. The van der Waals surface area contributed by atoms with Crippen molar-refractivity contribution in [3.63, 3.8) is 0 Å². The molecule has 2 N–H and O–H groups in total. The minimum atomic E-state index is -0.260. The van der Waals surface area contributed by atoms with E-state index in [2.05, 4.69) is 25.6 Å². The molecular formula is C19H16N6O. The molecule has 0 aliphatic heterocycles. The van der Waals surface area contributed by atoms with Gasteiger partial charge >= 0.3 is 0 Å². The van der Waals surface area contributed by atoms with Crippen LogP contribution in [0.1, 0.15) is 10.4 Å². The Labute approximate surface area is 149 Å². The number of nitrogens with one attached hydrogen (secondary N) is 2. The Bertz CT molecular complexity index is 1040. The fourth-order valence-corrected chi connectivity index (χ4v) is 2.79. The summed E-state index contributed by atoms with van der Waals surface area (Å²) in [4.78, 5) is 16.7. The van der Waals surface area contributed by atoms with Crippen molar-refractivity contribution < 1.29 is 4.79 Å². The van der Waals surface area contributed by atoms with Gasteiger partial charge in [-0.1, -0.05) is 30.3 Å². The predicted molar refractivity (Wildman–Crippen MR) is 98.4 cm³/mol. The van der Waals surface area contributed by atoms with Crippen molar-refractivity contribution in [1.29, 1.82) is 0 Å². The maximum atomic E-state index is 12.7. The second-order valence-electron chi connectivity index (χ2n) is 5.75. The number of hydrogen-bond acceptors (Lipinski definition) is 4. The van der Waals surface area contributed by atoms with Crippen LogP contribution in [0.2, 0.25) is 0 Å². The van der Waals surface area contributed by atoms with E-state index in [1.165, 1.54) is 0 Å². The minimum absolute atomic E-state index is 0.260. The number of benzene rings is 1. The quantitative estimate of drug-likeness (QED) is 0.595. The number of anilines is 1. The van der Waals surface area contributed by atoms with Gasteiger partial charge in [-0.25, -0.2) is 0 Å². The van der Waals surface area contributed by atoms with Crippen molar-refractivity contribution in [3.05, 3.63) is 72.7 Å². The van der Waals surface area contributed by atoms with E-state index in [4.69, 9.17) is 0 Å². The Hall–Kier alpha value is -3.74. The van der Waals surface area contributed by atoms with Gasteiger partial charge in [-0.15, -0.1) is 0 Å². The molecule has 3 heterocycles. The molecule has 0 radical (unpaired) electrons. The second kappa shape index (κ2) is 6.64. The molecule has 0 aliphatic rings. The fraction of sp³-hybridized carbons (Fsp3) is 0.0526. The molecule has 0 bridgehead atoms. The van der Waals surface area contributed by atoms with Crippen molar-refractivity contribution in [2.75, 3.05) is 5.32 Å². The van der Waals surface area contributed by atoms with E-state index in [9.17, 15) is 4.79 Å². The van der Waals surface area contributed by atoms with Crippen LogP contribution in [0.4, 0.5) is 5.82 Å². The second-order valence-corrected chi connectivity index (χ2v) is 5.75. The Morgan fingerprint density at radius 2 is 1.85 bits per heavy atom. The van der Waals surface area contributed by atoms with E-state index >= 15 is 0 Å². The molecular weight excluding hydrogens is 328 g/mol. The third kappa shape index (κ3) is 2.98. The first-order chi connectivity index (χ1) is 12.7. The number of hydrogen-bond donors (Lipinski definition) is 2. The molecule has 0 fully saturated rings. The van der Waals surface area contributed by atoms with Crippen LogP contribution in [0.3, 0.4) is 0 Å². The van der Waals surface area contributed by atoms with Crippen LogP contribution >= 0.6 is 0 Å². The van der Waals surface area contributed by atoms with Gasteiger partial charge in [-0.3, -0.25) is 19.6 Å². The predicted octanol–water partition coefficient (Wildman–Crippen LogP) is 3.12. The monoisotopic (exact) mass is 344 g/mol. The molecule has 26 heavy (non-hydrogen) atoms. The smallest absolute Gasteiger partial charge is 0.260 e. The van der Waals surface area contributed by atoms with Gasteiger partial charge in [0.1, 0.15) is 0 Å². The molecule has 4 rings (SSSR count). The van der Waals surface area contributed by atoms with Gasteiger partial charge in [-0.2, -0.15) is 10.2 Å². The molecule has 1 amide bonds. The first-order valence-corrected chi connectivity index (χ1v) is 8.07. The summed E-state index contributed by atoms with van der Waals surface area (Å²) in [5.41, 5.74) is 3.92. The highest BCUT2D eigenvalue weighted by atomic mass is 16.1. The van der Waals surface area contributed by atoms with E-state index in [0.29, 0.717) is 11.4 Å². The van der Waals surface area contributed by atoms with Gasteiger partial charge in [-0.05, 0) is 12.1 Å². The zero-order chi connectivity index (χ0) is 17.9. The van der Waals surface area contributed by atoms with Crippen LogP contribution in [-0.4, -0.2) is 30.9 Å². The van der Waals surface area contributed by atoms with E-state index in [0.717, 1.165) is 22.5 Å². The number of nitrogens with zero attached hydrogens (tertiary/aromatic N) is 4. The minimum Gasteiger partial charge on any atom is -0.305 e. The topological polar surface area (TPSA) is 88.5 Å². The normalized spacial score (nSPS) is 10.7. The van der Waals surface area contributed by atoms with Gasteiger partial charge in [0, 0.05) is 36.6 Å². The maximum absolute atomic E-state index is 12.7. The van der Waals surface area contributed by atoms with E-state index < -0.39 is 0 Å². The third-order valence-electron chi connectivity index (χ3n) is 4.04. The summed E-state index contributed by atoms with van der Waals surface area (Å²) in [5.74, 6) is 0.189. The number of aromatic nitrogens is 5. The van der Waals surface area contributed by atoms with E-state index in [1.807, 2.05) is 49.5 Å². The Morgan fingerprint density at radius 1 is 1.08 bits per heavy atom. The van der Waals surface area contributed by atoms with Crippen LogP contribution in [0, 0.1) is 0 Å². The largest absolute Gasteiger partial charge is 0.305 e. The van der Waals surface area contributed by atoms with Crippen LogP contribution in [0.15, 0.2) is 67.1 Å². The Balaban J connectivity index is 1.60. The highest BCUT2D eigenvalue weighted by molar-refractivity contribution is 6.07. The number of carbonyl (C=O) groups is 1. The highest BCUT2D eigenvalue weighted by Crippen LogP contribution is 2.24. The van der Waals surface area contributed by atoms with Crippen LogP contribution in [0.5, 0.6) is 0 Å². The molecule has 3 aromatic heterocycles. The van der Waals surface area contributed by atoms with Gasteiger partial charge in [0.25, 0.3) is 5.91 Å². The fourth-order valence-electron chi connectivity index (χ4n) is 2.79. The highest BCUT2D eigenvalue weighted by Gasteiger charge is 2.18. The molecule has 128 valence electrons. The number of rotatable bonds is 4. The summed E-state index contributed by atoms with van der Waals surface area (Å²) in [5, 5.41) is 14.1. The van der Waals surface area contributed by atoms with Crippen molar-refractivity contribution in [3.8, 4) is 22.5 Å². The van der Waals surface area contributed by atoms with E-state index in [1.54, 1.807) is 29.3 Å². The van der Waals surface area contributed by atoms with Gasteiger partial charge in [0.2, 0.25) is 0 Å². The number of amides is 1. The van der Waals surface area contributed by atoms with Crippen molar-refractivity contribution >= 4 is 11.7 Å². The molecule has 1 aromatic carbocycles. The van der Waals surface area contributed by atoms with Gasteiger partial charge < -0.3 is 5.32 Å².